The van der Waals surface area contributed by atoms with Crippen molar-refractivity contribution in [3.8, 4) is 67.5 Å². The lowest BCUT2D eigenvalue weighted by atomic mass is 9.91. The fourth-order valence-corrected chi connectivity index (χ4v) is 8.25. The van der Waals surface area contributed by atoms with Crippen LogP contribution in [0.5, 0.6) is 0 Å². The minimum Gasteiger partial charge on any atom is -0.455 e. The van der Waals surface area contributed by atoms with Gasteiger partial charge < -0.3 is 4.42 Å². The van der Waals surface area contributed by atoms with E-state index in [2.05, 4.69) is 140 Å². The molecule has 266 valence electrons. The topological polar surface area (TPSA) is 51.8 Å². The van der Waals surface area contributed by atoms with E-state index in [4.69, 9.17) is 19.4 Å². The van der Waals surface area contributed by atoms with E-state index in [9.17, 15) is 0 Å². The van der Waals surface area contributed by atoms with Crippen LogP contribution in [-0.2, 0) is 0 Å². The van der Waals surface area contributed by atoms with Gasteiger partial charge in [-0.3, -0.25) is 0 Å². The molecule has 0 radical (unpaired) electrons. The van der Waals surface area contributed by atoms with E-state index in [1.54, 1.807) is 0 Å². The van der Waals surface area contributed by atoms with Crippen LogP contribution in [0.4, 0.5) is 0 Å². The number of aromatic nitrogens is 3. The molecule has 0 bridgehead atoms. The van der Waals surface area contributed by atoms with Crippen molar-refractivity contribution in [2.24, 2.45) is 0 Å². The molecular weight excluding hydrogens is 695 g/mol. The van der Waals surface area contributed by atoms with Gasteiger partial charge in [0.15, 0.2) is 17.5 Å². The van der Waals surface area contributed by atoms with E-state index in [-0.39, 0.29) is 0 Å². The number of rotatable bonds is 6. The van der Waals surface area contributed by atoms with Crippen LogP contribution in [0.25, 0.3) is 111 Å². The van der Waals surface area contributed by atoms with Crippen molar-refractivity contribution in [3.05, 3.63) is 200 Å². The second kappa shape index (κ2) is 13.6. The molecule has 4 nitrogen and oxygen atoms in total. The Labute approximate surface area is 329 Å². The first-order valence-electron chi connectivity index (χ1n) is 19.2. The van der Waals surface area contributed by atoms with Crippen LogP contribution >= 0.6 is 0 Å². The van der Waals surface area contributed by atoms with Gasteiger partial charge in [0.25, 0.3) is 0 Å². The number of nitrogens with zero attached hydrogens (tertiary/aromatic N) is 3. The van der Waals surface area contributed by atoms with Gasteiger partial charge in [-0.2, -0.15) is 0 Å². The van der Waals surface area contributed by atoms with Gasteiger partial charge in [-0.15, -0.1) is 0 Å². The standard InChI is InChI=1S/C53H33N3O/c1-4-15-34(16-5-1)40-25-14-26-48-49(40)47-33-46(43-23-12-13-24-44(43)50(47)57-48)36-29-27-35(28-30-36)39-31-32-45(42-22-11-10-21-41(39)42)53-55-51(37-17-6-2-7-18-37)54-52(56-53)38-19-8-3-9-20-38/h1-33H. The zero-order valence-corrected chi connectivity index (χ0v) is 30.8. The number of furan rings is 1. The summed E-state index contributed by atoms with van der Waals surface area (Å²) in [7, 11) is 0. The minimum absolute atomic E-state index is 0.644. The molecule has 0 atom stereocenters. The third kappa shape index (κ3) is 5.66. The smallest absolute Gasteiger partial charge is 0.164 e. The summed E-state index contributed by atoms with van der Waals surface area (Å²) in [5, 5.41) is 6.74. The summed E-state index contributed by atoms with van der Waals surface area (Å²) in [5.74, 6) is 1.94. The van der Waals surface area contributed by atoms with Crippen molar-refractivity contribution in [1.29, 1.82) is 0 Å². The van der Waals surface area contributed by atoms with E-state index >= 15 is 0 Å². The van der Waals surface area contributed by atoms with E-state index < -0.39 is 0 Å². The number of benzene rings is 9. The van der Waals surface area contributed by atoms with Crippen LogP contribution in [0, 0.1) is 0 Å². The van der Waals surface area contributed by atoms with Gasteiger partial charge in [0, 0.05) is 32.8 Å². The maximum Gasteiger partial charge on any atom is 0.164 e. The molecule has 0 unspecified atom stereocenters. The van der Waals surface area contributed by atoms with Crippen LogP contribution in [0.15, 0.2) is 205 Å². The Kier molecular flexibility index (Phi) is 7.78. The van der Waals surface area contributed by atoms with Gasteiger partial charge in [0.05, 0.1) is 0 Å². The lowest BCUT2D eigenvalue weighted by Crippen LogP contribution is -2.00. The summed E-state index contributed by atoms with van der Waals surface area (Å²) in [6.45, 7) is 0. The molecule has 0 N–H and O–H groups in total. The van der Waals surface area contributed by atoms with E-state index in [1.165, 1.54) is 16.7 Å². The third-order valence-electron chi connectivity index (χ3n) is 11.0. The molecule has 57 heavy (non-hydrogen) atoms. The number of hydrogen-bond acceptors (Lipinski definition) is 4. The summed E-state index contributed by atoms with van der Waals surface area (Å²) >= 11 is 0. The molecule has 0 amide bonds. The van der Waals surface area contributed by atoms with Crippen LogP contribution in [-0.4, -0.2) is 15.0 Å². The Bertz CT molecular complexity index is 3210. The third-order valence-corrected chi connectivity index (χ3v) is 11.0. The highest BCUT2D eigenvalue weighted by atomic mass is 16.3. The fraction of sp³-hybridized carbons (Fsp3) is 0. The summed E-state index contributed by atoms with van der Waals surface area (Å²) in [5.41, 5.74) is 11.6. The van der Waals surface area contributed by atoms with Crippen molar-refractivity contribution in [1.82, 2.24) is 15.0 Å². The van der Waals surface area contributed by atoms with Crippen molar-refractivity contribution in [2.75, 3.05) is 0 Å². The van der Waals surface area contributed by atoms with Gasteiger partial charge in [0.1, 0.15) is 11.2 Å². The van der Waals surface area contributed by atoms with E-state index in [0.29, 0.717) is 17.5 Å². The van der Waals surface area contributed by atoms with Gasteiger partial charge in [0.2, 0.25) is 0 Å². The Morgan fingerprint density at radius 3 is 1.35 bits per heavy atom. The molecule has 0 fully saturated rings. The van der Waals surface area contributed by atoms with Crippen molar-refractivity contribution in [3.63, 3.8) is 0 Å². The SMILES string of the molecule is c1ccc(-c2nc(-c3ccccc3)nc(-c3ccc(-c4ccc(-c5cc6c(oc7cccc(-c8ccccc8)c76)c6ccccc56)cc4)c4ccccc34)n2)cc1. The molecule has 0 aliphatic rings. The highest BCUT2D eigenvalue weighted by Gasteiger charge is 2.19. The molecule has 11 aromatic rings. The minimum atomic E-state index is 0.644. The van der Waals surface area contributed by atoms with Crippen LogP contribution in [0.2, 0.25) is 0 Å². The van der Waals surface area contributed by atoms with Gasteiger partial charge in [-0.1, -0.05) is 182 Å². The lowest BCUT2D eigenvalue weighted by Gasteiger charge is -2.14. The van der Waals surface area contributed by atoms with Gasteiger partial charge >= 0.3 is 0 Å². The molecule has 0 saturated carbocycles. The highest BCUT2D eigenvalue weighted by Crippen LogP contribution is 2.44. The molecule has 0 saturated heterocycles. The monoisotopic (exact) mass is 727 g/mol. The predicted molar refractivity (Wildman–Crippen MR) is 235 cm³/mol. The fourth-order valence-electron chi connectivity index (χ4n) is 8.25. The molecule has 0 aliphatic carbocycles. The molecule has 2 heterocycles. The number of fused-ring (bicyclic) bond motifs is 6. The maximum absolute atomic E-state index is 6.62. The van der Waals surface area contributed by atoms with Gasteiger partial charge in [-0.25, -0.2) is 15.0 Å². The summed E-state index contributed by atoms with van der Waals surface area (Å²) in [4.78, 5) is 15.0. The molecule has 0 spiro atoms. The average molecular weight is 728 g/mol. The van der Waals surface area contributed by atoms with Crippen molar-refractivity contribution < 1.29 is 4.42 Å². The first-order valence-corrected chi connectivity index (χ1v) is 19.2. The Morgan fingerprint density at radius 1 is 0.281 bits per heavy atom. The molecule has 9 aromatic carbocycles. The van der Waals surface area contributed by atoms with E-state index in [0.717, 1.165) is 76.9 Å². The molecule has 11 rings (SSSR count). The summed E-state index contributed by atoms with van der Waals surface area (Å²) < 4.78 is 6.62. The second-order valence-electron chi connectivity index (χ2n) is 14.3. The molecule has 2 aromatic heterocycles. The van der Waals surface area contributed by atoms with Crippen molar-refractivity contribution >= 4 is 43.5 Å². The Morgan fingerprint density at radius 2 is 0.737 bits per heavy atom. The number of hydrogen-bond donors (Lipinski definition) is 0. The normalized spacial score (nSPS) is 11.5. The van der Waals surface area contributed by atoms with Crippen molar-refractivity contribution in [2.45, 2.75) is 0 Å². The van der Waals surface area contributed by atoms with Crippen LogP contribution in [0.1, 0.15) is 0 Å². The highest BCUT2D eigenvalue weighted by molar-refractivity contribution is 6.22. The quantitative estimate of drug-likeness (QED) is 0.171. The zero-order chi connectivity index (χ0) is 37.7. The van der Waals surface area contributed by atoms with Crippen LogP contribution in [0.3, 0.4) is 0 Å². The maximum atomic E-state index is 6.62. The summed E-state index contributed by atoms with van der Waals surface area (Å²) in [6, 6.07) is 69.9. The molecular formula is C53H33N3O. The Balaban J connectivity index is 1.03. The Hall–Kier alpha value is -7.69. The largest absolute Gasteiger partial charge is 0.455 e. The average Bonchev–Trinajstić information content (AvgIpc) is 3.68. The van der Waals surface area contributed by atoms with Gasteiger partial charge in [-0.05, 0) is 67.7 Å². The zero-order valence-electron chi connectivity index (χ0n) is 30.8. The first kappa shape index (κ1) is 32.7. The second-order valence-corrected chi connectivity index (χ2v) is 14.3. The predicted octanol–water partition coefficient (Wildman–Crippen LogP) is 14.1. The van der Waals surface area contributed by atoms with Crippen LogP contribution < -0.4 is 0 Å². The lowest BCUT2D eigenvalue weighted by molar-refractivity contribution is 0.673. The first-order chi connectivity index (χ1) is 28.3. The molecule has 0 aliphatic heterocycles. The summed E-state index contributed by atoms with van der Waals surface area (Å²) in [6.07, 6.45) is 0. The van der Waals surface area contributed by atoms with E-state index in [1.807, 2.05) is 60.7 Å². The molecule has 4 heteroatoms.